The Morgan fingerprint density at radius 3 is 2.80 bits per heavy atom. The van der Waals surface area contributed by atoms with Gasteiger partial charge in [0.05, 0.1) is 24.0 Å². The second kappa shape index (κ2) is 7.68. The zero-order chi connectivity index (χ0) is 17.1. The molecule has 1 saturated heterocycles. The summed E-state index contributed by atoms with van der Waals surface area (Å²) < 4.78 is 9.26. The topological polar surface area (TPSA) is 26.5 Å². The Kier molecular flexibility index (Phi) is 5.15. The summed E-state index contributed by atoms with van der Waals surface area (Å²) in [6.07, 6.45) is 2.54. The van der Waals surface area contributed by atoms with Crippen molar-refractivity contribution < 1.29 is 4.74 Å². The van der Waals surface area contributed by atoms with Crippen molar-refractivity contribution in [1.29, 1.82) is 0 Å². The highest BCUT2D eigenvalue weighted by Gasteiger charge is 2.19. The summed E-state index contributed by atoms with van der Waals surface area (Å²) in [6, 6.07) is 18.5. The van der Waals surface area contributed by atoms with E-state index >= 15 is 0 Å². The maximum atomic E-state index is 5.88. The van der Waals surface area contributed by atoms with Crippen LogP contribution < -0.4 is 4.80 Å². The number of para-hydroxylation sites is 1. The Morgan fingerprint density at radius 1 is 1.16 bits per heavy atom. The highest BCUT2D eigenvalue weighted by Crippen LogP contribution is 2.25. The lowest BCUT2D eigenvalue weighted by Gasteiger charge is -2.14. The smallest absolute Gasteiger partial charge is 0.190 e. The predicted molar refractivity (Wildman–Crippen MR) is 106 cm³/mol. The zero-order valence-corrected chi connectivity index (χ0v) is 16.2. The van der Waals surface area contributed by atoms with E-state index in [4.69, 9.17) is 9.73 Å². The molecule has 1 aliphatic heterocycles. The van der Waals surface area contributed by atoms with Crippen LogP contribution in [0.15, 0.2) is 69.4 Å². The lowest BCUT2D eigenvalue weighted by molar-refractivity contribution is 0.0968. The van der Waals surface area contributed by atoms with Crippen molar-refractivity contribution in [1.82, 2.24) is 4.57 Å². The van der Waals surface area contributed by atoms with E-state index in [-0.39, 0.29) is 6.10 Å². The summed E-state index contributed by atoms with van der Waals surface area (Å²) in [5.74, 6) is 0. The first-order chi connectivity index (χ1) is 12.3. The number of aromatic nitrogens is 1. The lowest BCUT2D eigenvalue weighted by atomic mass is 10.1. The van der Waals surface area contributed by atoms with Gasteiger partial charge in [0, 0.05) is 22.0 Å². The van der Waals surface area contributed by atoms with Crippen molar-refractivity contribution in [2.75, 3.05) is 6.61 Å². The highest BCUT2D eigenvalue weighted by atomic mass is 79.9. The first-order valence-corrected chi connectivity index (χ1v) is 10.1. The second-order valence-corrected chi connectivity index (χ2v) is 7.86. The number of rotatable bonds is 4. The van der Waals surface area contributed by atoms with Crippen molar-refractivity contribution in [3.8, 4) is 11.3 Å². The van der Waals surface area contributed by atoms with Crippen molar-refractivity contribution in [2.24, 2.45) is 4.99 Å². The molecule has 0 saturated carbocycles. The van der Waals surface area contributed by atoms with E-state index in [1.807, 2.05) is 30.3 Å². The Bertz CT molecular complexity index is 911. The molecule has 1 aromatic heterocycles. The molecule has 0 N–H and O–H groups in total. The van der Waals surface area contributed by atoms with Gasteiger partial charge in [-0.05, 0) is 37.1 Å². The van der Waals surface area contributed by atoms with Gasteiger partial charge < -0.3 is 9.30 Å². The molecule has 0 bridgehead atoms. The van der Waals surface area contributed by atoms with Gasteiger partial charge in [-0.15, -0.1) is 11.3 Å². The van der Waals surface area contributed by atoms with E-state index in [1.165, 1.54) is 11.3 Å². The number of ether oxygens (including phenoxy) is 1. The second-order valence-electron chi connectivity index (χ2n) is 6.11. The minimum Gasteiger partial charge on any atom is -0.376 e. The van der Waals surface area contributed by atoms with Crippen LogP contribution in [-0.4, -0.2) is 17.3 Å². The Morgan fingerprint density at radius 2 is 2.04 bits per heavy atom. The molecular weight excluding hydrogens is 396 g/mol. The normalized spacial score (nSPS) is 18.0. The third-order valence-electron chi connectivity index (χ3n) is 4.31. The summed E-state index contributed by atoms with van der Waals surface area (Å²) >= 11 is 5.26. The molecular formula is C20H19BrN2OS. The third-order valence-corrected chi connectivity index (χ3v) is 5.67. The minimum absolute atomic E-state index is 0.273. The average molecular weight is 415 g/mol. The van der Waals surface area contributed by atoms with E-state index in [9.17, 15) is 0 Å². The molecule has 25 heavy (non-hydrogen) atoms. The Hall–Kier alpha value is -1.69. The summed E-state index contributed by atoms with van der Waals surface area (Å²) in [5.41, 5.74) is 3.36. The SMILES string of the molecule is Brc1cccc(-c2csc(=Nc3ccccc3)n2CC2CCCO2)c1. The fourth-order valence-electron chi connectivity index (χ4n) is 3.08. The van der Waals surface area contributed by atoms with Gasteiger partial charge in [0.15, 0.2) is 4.80 Å². The van der Waals surface area contributed by atoms with Gasteiger partial charge in [-0.1, -0.05) is 46.3 Å². The van der Waals surface area contributed by atoms with Crippen LogP contribution in [0.4, 0.5) is 5.69 Å². The van der Waals surface area contributed by atoms with Crippen molar-refractivity contribution >= 4 is 33.0 Å². The lowest BCUT2D eigenvalue weighted by Crippen LogP contribution is -2.24. The van der Waals surface area contributed by atoms with Crippen molar-refractivity contribution in [3.63, 3.8) is 0 Å². The van der Waals surface area contributed by atoms with Gasteiger partial charge in [-0.2, -0.15) is 0 Å². The molecule has 1 aliphatic rings. The van der Waals surface area contributed by atoms with E-state index in [2.05, 4.69) is 50.1 Å². The summed E-state index contributed by atoms with van der Waals surface area (Å²) in [7, 11) is 0. The van der Waals surface area contributed by atoms with Crippen LogP contribution in [0.1, 0.15) is 12.8 Å². The first kappa shape index (κ1) is 16.8. The van der Waals surface area contributed by atoms with Gasteiger partial charge in [0.25, 0.3) is 0 Å². The van der Waals surface area contributed by atoms with E-state index in [0.717, 1.165) is 41.0 Å². The van der Waals surface area contributed by atoms with Crippen LogP contribution in [-0.2, 0) is 11.3 Å². The number of hydrogen-bond donors (Lipinski definition) is 0. The summed E-state index contributed by atoms with van der Waals surface area (Å²) in [4.78, 5) is 5.88. The average Bonchev–Trinajstić information content (AvgIpc) is 3.27. The van der Waals surface area contributed by atoms with Gasteiger partial charge in [0.2, 0.25) is 0 Å². The molecule has 128 valence electrons. The van der Waals surface area contributed by atoms with E-state index < -0.39 is 0 Å². The summed E-state index contributed by atoms with van der Waals surface area (Å²) in [6.45, 7) is 1.71. The van der Waals surface area contributed by atoms with Crippen LogP contribution in [0.3, 0.4) is 0 Å². The molecule has 5 heteroatoms. The third kappa shape index (κ3) is 3.94. The summed E-state index contributed by atoms with van der Waals surface area (Å²) in [5, 5.41) is 2.19. The molecule has 2 heterocycles. The van der Waals surface area contributed by atoms with Crippen molar-refractivity contribution in [2.45, 2.75) is 25.5 Å². The molecule has 1 atom stereocenters. The fourth-order valence-corrected chi connectivity index (χ4v) is 4.42. The van der Waals surface area contributed by atoms with Crippen molar-refractivity contribution in [3.05, 3.63) is 69.3 Å². The monoisotopic (exact) mass is 414 g/mol. The van der Waals surface area contributed by atoms with Gasteiger partial charge >= 0.3 is 0 Å². The number of benzene rings is 2. The molecule has 0 amide bonds. The molecule has 3 aromatic rings. The van der Waals surface area contributed by atoms with Gasteiger partial charge in [-0.3, -0.25) is 0 Å². The number of thiazole rings is 1. The zero-order valence-electron chi connectivity index (χ0n) is 13.8. The fraction of sp³-hybridized carbons (Fsp3) is 0.250. The Labute approximate surface area is 159 Å². The molecule has 1 unspecified atom stereocenters. The highest BCUT2D eigenvalue weighted by molar-refractivity contribution is 9.10. The maximum Gasteiger partial charge on any atom is 0.190 e. The molecule has 1 fully saturated rings. The first-order valence-electron chi connectivity index (χ1n) is 8.45. The molecule has 2 aromatic carbocycles. The van der Waals surface area contributed by atoms with Crippen LogP contribution in [0.2, 0.25) is 0 Å². The largest absolute Gasteiger partial charge is 0.376 e. The molecule has 0 aliphatic carbocycles. The quantitative estimate of drug-likeness (QED) is 0.561. The van der Waals surface area contributed by atoms with E-state index in [1.54, 1.807) is 11.3 Å². The van der Waals surface area contributed by atoms with E-state index in [0.29, 0.717) is 0 Å². The Balaban J connectivity index is 1.80. The van der Waals surface area contributed by atoms with Crippen LogP contribution in [0.5, 0.6) is 0 Å². The number of hydrogen-bond acceptors (Lipinski definition) is 3. The van der Waals surface area contributed by atoms with Crippen LogP contribution >= 0.6 is 27.3 Å². The number of halogens is 1. The standard InChI is InChI=1S/C20H19BrN2OS/c21-16-7-4-6-15(12-16)19-14-25-20(22-17-8-2-1-3-9-17)23(19)13-18-10-5-11-24-18/h1-4,6-9,12,14,18H,5,10-11,13H2. The predicted octanol–water partition coefficient (Wildman–Crippen LogP) is 5.39. The van der Waals surface area contributed by atoms with Gasteiger partial charge in [0.1, 0.15) is 0 Å². The molecule has 0 spiro atoms. The maximum absolute atomic E-state index is 5.88. The van der Waals surface area contributed by atoms with Gasteiger partial charge in [-0.25, -0.2) is 4.99 Å². The molecule has 4 rings (SSSR count). The number of nitrogens with zero attached hydrogens (tertiary/aromatic N) is 2. The van der Waals surface area contributed by atoms with Crippen LogP contribution in [0, 0.1) is 0 Å². The molecule has 3 nitrogen and oxygen atoms in total. The van der Waals surface area contributed by atoms with Crippen LogP contribution in [0.25, 0.3) is 11.3 Å². The minimum atomic E-state index is 0.273. The molecule has 0 radical (unpaired) electrons.